The molecule has 0 saturated heterocycles. The lowest BCUT2D eigenvalue weighted by atomic mass is 10.1. The van der Waals surface area contributed by atoms with Crippen LogP contribution in [0, 0.1) is 13.8 Å². The minimum Gasteiger partial charge on any atom is -0.496 e. The van der Waals surface area contributed by atoms with E-state index in [0.29, 0.717) is 11.5 Å². The third kappa shape index (κ3) is 4.57. The standard InChI is InChI=1S/C23H20O5/c1-15-4-9-18(10-5-15)27-22(24)17-8-13-20(21(14-17)26-3)23(25)28-19-11-6-16(2)7-12-19/h4-14H,1-3H3. The van der Waals surface area contributed by atoms with Crippen LogP contribution < -0.4 is 14.2 Å². The Balaban J connectivity index is 1.77. The molecule has 28 heavy (non-hydrogen) atoms. The van der Waals surface area contributed by atoms with Crippen molar-refractivity contribution in [1.82, 2.24) is 0 Å². The average molecular weight is 376 g/mol. The van der Waals surface area contributed by atoms with Crippen molar-refractivity contribution < 1.29 is 23.8 Å². The lowest BCUT2D eigenvalue weighted by Gasteiger charge is -2.11. The van der Waals surface area contributed by atoms with Crippen LogP contribution in [0.25, 0.3) is 0 Å². The van der Waals surface area contributed by atoms with Gasteiger partial charge in [0.25, 0.3) is 0 Å². The number of aryl methyl sites for hydroxylation is 2. The molecular formula is C23H20O5. The van der Waals surface area contributed by atoms with Gasteiger partial charge in [0.15, 0.2) is 0 Å². The first-order chi connectivity index (χ1) is 13.5. The van der Waals surface area contributed by atoms with Gasteiger partial charge in [0.05, 0.1) is 12.7 Å². The van der Waals surface area contributed by atoms with Gasteiger partial charge in [-0.2, -0.15) is 0 Å². The van der Waals surface area contributed by atoms with Crippen LogP contribution >= 0.6 is 0 Å². The summed E-state index contributed by atoms with van der Waals surface area (Å²) in [6, 6.07) is 18.7. The van der Waals surface area contributed by atoms with Crippen LogP contribution in [0.5, 0.6) is 17.2 Å². The second kappa shape index (κ2) is 8.39. The molecule has 0 saturated carbocycles. The Hall–Kier alpha value is -3.60. The van der Waals surface area contributed by atoms with Gasteiger partial charge >= 0.3 is 11.9 Å². The molecule has 0 aliphatic heterocycles. The van der Waals surface area contributed by atoms with E-state index in [1.54, 1.807) is 24.3 Å². The highest BCUT2D eigenvalue weighted by Crippen LogP contribution is 2.24. The van der Waals surface area contributed by atoms with Crippen LogP contribution in [0.4, 0.5) is 0 Å². The minimum absolute atomic E-state index is 0.218. The van der Waals surface area contributed by atoms with Crippen molar-refractivity contribution in [3.63, 3.8) is 0 Å². The van der Waals surface area contributed by atoms with Gasteiger partial charge in [-0.1, -0.05) is 35.4 Å². The van der Waals surface area contributed by atoms with Crippen molar-refractivity contribution in [2.45, 2.75) is 13.8 Å². The molecule has 0 atom stereocenters. The molecule has 3 rings (SSSR count). The molecule has 0 unspecified atom stereocenters. The topological polar surface area (TPSA) is 61.8 Å². The first kappa shape index (κ1) is 19.2. The fourth-order valence-electron chi connectivity index (χ4n) is 2.53. The van der Waals surface area contributed by atoms with Gasteiger partial charge in [-0.15, -0.1) is 0 Å². The molecule has 142 valence electrons. The van der Waals surface area contributed by atoms with Gasteiger partial charge in [-0.25, -0.2) is 9.59 Å². The van der Waals surface area contributed by atoms with Gasteiger partial charge in [-0.3, -0.25) is 0 Å². The van der Waals surface area contributed by atoms with E-state index in [-0.39, 0.29) is 16.9 Å². The smallest absolute Gasteiger partial charge is 0.347 e. The predicted molar refractivity (Wildman–Crippen MR) is 105 cm³/mol. The normalized spacial score (nSPS) is 10.2. The van der Waals surface area contributed by atoms with Gasteiger partial charge in [-0.05, 0) is 56.3 Å². The monoisotopic (exact) mass is 376 g/mol. The first-order valence-electron chi connectivity index (χ1n) is 8.72. The van der Waals surface area contributed by atoms with Gasteiger partial charge in [0.1, 0.15) is 22.8 Å². The largest absolute Gasteiger partial charge is 0.496 e. The van der Waals surface area contributed by atoms with E-state index in [2.05, 4.69) is 0 Å². The molecule has 5 heteroatoms. The molecule has 3 aromatic rings. The molecule has 0 heterocycles. The van der Waals surface area contributed by atoms with Crippen molar-refractivity contribution in [1.29, 1.82) is 0 Å². The van der Waals surface area contributed by atoms with Gasteiger partial charge < -0.3 is 14.2 Å². The minimum atomic E-state index is -0.570. The maximum Gasteiger partial charge on any atom is 0.347 e. The molecule has 0 aliphatic rings. The fraction of sp³-hybridized carbons (Fsp3) is 0.130. The van der Waals surface area contributed by atoms with E-state index < -0.39 is 11.9 Å². The Morgan fingerprint density at radius 1 is 0.679 bits per heavy atom. The SMILES string of the molecule is COc1cc(C(=O)Oc2ccc(C)cc2)ccc1C(=O)Oc1ccc(C)cc1. The maximum atomic E-state index is 12.5. The van der Waals surface area contributed by atoms with E-state index >= 15 is 0 Å². The molecule has 0 aliphatic carbocycles. The van der Waals surface area contributed by atoms with Gasteiger partial charge in [0, 0.05) is 0 Å². The first-order valence-corrected chi connectivity index (χ1v) is 8.72. The zero-order chi connectivity index (χ0) is 20.1. The van der Waals surface area contributed by atoms with Crippen LogP contribution in [0.15, 0.2) is 66.7 Å². The maximum absolute atomic E-state index is 12.5. The Morgan fingerprint density at radius 3 is 1.68 bits per heavy atom. The third-order valence-corrected chi connectivity index (χ3v) is 4.12. The second-order valence-electron chi connectivity index (χ2n) is 6.32. The lowest BCUT2D eigenvalue weighted by molar-refractivity contribution is 0.0717. The Morgan fingerprint density at radius 2 is 1.18 bits per heavy atom. The number of hydrogen-bond acceptors (Lipinski definition) is 5. The molecule has 0 aromatic heterocycles. The van der Waals surface area contributed by atoms with E-state index in [1.165, 1.54) is 25.3 Å². The highest BCUT2D eigenvalue weighted by atomic mass is 16.5. The summed E-state index contributed by atoms with van der Waals surface area (Å²) in [5, 5.41) is 0. The third-order valence-electron chi connectivity index (χ3n) is 4.12. The summed E-state index contributed by atoms with van der Waals surface area (Å²) in [6.45, 7) is 3.90. The molecule has 0 bridgehead atoms. The Labute approximate surface area is 163 Å². The summed E-state index contributed by atoms with van der Waals surface area (Å²) in [7, 11) is 1.42. The van der Waals surface area contributed by atoms with E-state index in [0.717, 1.165) is 11.1 Å². The van der Waals surface area contributed by atoms with Crippen LogP contribution in [0.3, 0.4) is 0 Å². The van der Waals surface area contributed by atoms with Crippen molar-refractivity contribution in [3.05, 3.63) is 89.0 Å². The summed E-state index contributed by atoms with van der Waals surface area (Å²) in [5.74, 6) is -0.00633. The van der Waals surface area contributed by atoms with E-state index in [4.69, 9.17) is 14.2 Å². The molecule has 0 radical (unpaired) electrons. The van der Waals surface area contributed by atoms with Crippen molar-refractivity contribution in [2.75, 3.05) is 7.11 Å². The van der Waals surface area contributed by atoms with Crippen molar-refractivity contribution >= 4 is 11.9 Å². The number of hydrogen-bond donors (Lipinski definition) is 0. The molecule has 3 aromatic carbocycles. The number of ether oxygens (including phenoxy) is 3. The zero-order valence-electron chi connectivity index (χ0n) is 15.9. The van der Waals surface area contributed by atoms with Crippen LogP contribution in [-0.4, -0.2) is 19.0 Å². The lowest BCUT2D eigenvalue weighted by Crippen LogP contribution is -2.13. The predicted octanol–water partition coefficient (Wildman–Crippen LogP) is 4.75. The zero-order valence-corrected chi connectivity index (χ0v) is 15.9. The second-order valence-corrected chi connectivity index (χ2v) is 6.32. The van der Waals surface area contributed by atoms with E-state index in [9.17, 15) is 9.59 Å². The number of carbonyl (C=O) groups is 2. The molecular weight excluding hydrogens is 356 g/mol. The highest BCUT2D eigenvalue weighted by Gasteiger charge is 2.18. The van der Waals surface area contributed by atoms with Crippen LogP contribution in [0.1, 0.15) is 31.8 Å². The Kier molecular flexibility index (Phi) is 5.75. The molecule has 5 nitrogen and oxygen atoms in total. The quantitative estimate of drug-likeness (QED) is 0.475. The van der Waals surface area contributed by atoms with E-state index in [1.807, 2.05) is 38.1 Å². The summed E-state index contributed by atoms with van der Waals surface area (Å²) in [4.78, 5) is 24.8. The van der Waals surface area contributed by atoms with Crippen molar-refractivity contribution in [2.24, 2.45) is 0 Å². The summed E-state index contributed by atoms with van der Waals surface area (Å²) < 4.78 is 16.0. The van der Waals surface area contributed by atoms with Crippen LogP contribution in [0.2, 0.25) is 0 Å². The number of methoxy groups -OCH3 is 1. The number of carbonyl (C=O) groups excluding carboxylic acids is 2. The fourth-order valence-corrected chi connectivity index (χ4v) is 2.53. The number of benzene rings is 3. The molecule has 0 amide bonds. The van der Waals surface area contributed by atoms with Crippen molar-refractivity contribution in [3.8, 4) is 17.2 Å². The van der Waals surface area contributed by atoms with Gasteiger partial charge in [0.2, 0.25) is 0 Å². The summed E-state index contributed by atoms with van der Waals surface area (Å²) in [6.07, 6.45) is 0. The Bertz CT molecular complexity index is 989. The average Bonchev–Trinajstić information content (AvgIpc) is 2.70. The number of esters is 2. The molecule has 0 N–H and O–H groups in total. The highest BCUT2D eigenvalue weighted by molar-refractivity contribution is 5.97. The molecule has 0 spiro atoms. The van der Waals surface area contributed by atoms with Crippen LogP contribution in [-0.2, 0) is 0 Å². The molecule has 0 fully saturated rings. The summed E-state index contributed by atoms with van der Waals surface area (Å²) in [5.41, 5.74) is 2.62. The summed E-state index contributed by atoms with van der Waals surface area (Å²) >= 11 is 0. The number of rotatable bonds is 5.